The zero-order valence-corrected chi connectivity index (χ0v) is 12.4. The summed E-state index contributed by atoms with van der Waals surface area (Å²) in [5, 5.41) is 0. The van der Waals surface area contributed by atoms with Gasteiger partial charge in [-0.3, -0.25) is 9.69 Å². The maximum Gasteiger partial charge on any atom is 0.410 e. The Morgan fingerprint density at radius 1 is 1.48 bits per heavy atom. The molecule has 21 heavy (non-hydrogen) atoms. The number of hydrogen-bond donors (Lipinski definition) is 1. The summed E-state index contributed by atoms with van der Waals surface area (Å²) < 4.78 is 5.34. The van der Waals surface area contributed by atoms with Crippen molar-refractivity contribution in [2.75, 3.05) is 13.1 Å². The highest BCUT2D eigenvalue weighted by Crippen LogP contribution is 2.30. The minimum absolute atomic E-state index is 0.155. The van der Waals surface area contributed by atoms with Crippen LogP contribution in [0.1, 0.15) is 32.3 Å². The molecule has 2 rings (SSSR count). The van der Waals surface area contributed by atoms with E-state index in [9.17, 15) is 9.59 Å². The number of nitrogens with one attached hydrogen (secondary N) is 1. The van der Waals surface area contributed by atoms with E-state index in [1.54, 1.807) is 17.2 Å². The van der Waals surface area contributed by atoms with Crippen molar-refractivity contribution in [3.63, 3.8) is 0 Å². The van der Waals surface area contributed by atoms with E-state index in [1.165, 1.54) is 6.07 Å². The second kappa shape index (κ2) is 5.60. The molecule has 1 aliphatic rings. The van der Waals surface area contributed by atoms with Crippen LogP contribution in [-0.4, -0.2) is 40.7 Å². The Kier molecular flexibility index (Phi) is 4.03. The molecule has 1 amide bonds. The third kappa shape index (κ3) is 3.63. The molecular weight excluding hydrogens is 270 g/mol. The van der Waals surface area contributed by atoms with Crippen LogP contribution in [0.2, 0.25) is 0 Å². The van der Waals surface area contributed by atoms with Crippen molar-refractivity contribution in [2.24, 2.45) is 0 Å². The molecule has 1 saturated heterocycles. The van der Waals surface area contributed by atoms with Crippen LogP contribution >= 0.6 is 0 Å². The maximum absolute atomic E-state index is 12.1. The summed E-state index contributed by atoms with van der Waals surface area (Å²) >= 11 is 0. The first-order valence-corrected chi connectivity index (χ1v) is 6.83. The average molecular weight is 289 g/mol. The lowest BCUT2D eigenvalue weighted by Crippen LogP contribution is -2.35. The van der Waals surface area contributed by atoms with E-state index in [2.05, 4.69) is 9.83 Å². The van der Waals surface area contributed by atoms with Crippen LogP contribution in [0.25, 0.3) is 4.85 Å². The predicted octanol–water partition coefficient (Wildman–Crippen LogP) is 2.00. The molecule has 1 aromatic heterocycles. The van der Waals surface area contributed by atoms with Crippen molar-refractivity contribution < 1.29 is 9.53 Å². The van der Waals surface area contributed by atoms with Gasteiger partial charge in [0.05, 0.1) is 12.5 Å². The molecule has 0 spiro atoms. The number of likely N-dealkylation sites (tertiary alicyclic amines) is 1. The Bertz CT molecular complexity index is 624. The van der Waals surface area contributed by atoms with Crippen molar-refractivity contribution in [2.45, 2.75) is 38.3 Å². The molecule has 2 heterocycles. The van der Waals surface area contributed by atoms with Crippen LogP contribution in [0.5, 0.6) is 0 Å². The van der Waals surface area contributed by atoms with Gasteiger partial charge in [0.2, 0.25) is 11.6 Å². The molecule has 0 radical (unpaired) electrons. The van der Waals surface area contributed by atoms with E-state index in [0.717, 1.165) is 5.56 Å². The molecule has 112 valence electrons. The van der Waals surface area contributed by atoms with E-state index in [4.69, 9.17) is 11.3 Å². The minimum Gasteiger partial charge on any atom is -0.444 e. The SMILES string of the molecule is [C-]#[N+][C@@H]1CN(C(=O)OC(C)(C)C)C[C@H]1c1cc[nH]c(=O)c1. The van der Waals surface area contributed by atoms with E-state index in [0.29, 0.717) is 13.1 Å². The van der Waals surface area contributed by atoms with E-state index >= 15 is 0 Å². The highest BCUT2D eigenvalue weighted by molar-refractivity contribution is 5.69. The zero-order chi connectivity index (χ0) is 15.6. The van der Waals surface area contributed by atoms with Gasteiger partial charge >= 0.3 is 6.09 Å². The second-order valence-electron chi connectivity index (χ2n) is 6.17. The quantitative estimate of drug-likeness (QED) is 0.804. The maximum atomic E-state index is 12.1. The Balaban J connectivity index is 2.17. The molecule has 1 fully saturated rings. The number of aromatic nitrogens is 1. The number of H-pyrrole nitrogens is 1. The topological polar surface area (TPSA) is 66.8 Å². The molecule has 6 nitrogen and oxygen atoms in total. The third-order valence-corrected chi connectivity index (χ3v) is 3.33. The molecule has 2 atom stereocenters. The number of amides is 1. The van der Waals surface area contributed by atoms with Crippen LogP contribution in [-0.2, 0) is 4.74 Å². The fourth-order valence-corrected chi connectivity index (χ4v) is 2.41. The first-order valence-electron chi connectivity index (χ1n) is 6.83. The predicted molar refractivity (Wildman–Crippen MR) is 78.0 cm³/mol. The van der Waals surface area contributed by atoms with Gasteiger partial charge < -0.3 is 14.6 Å². The van der Waals surface area contributed by atoms with Crippen molar-refractivity contribution in [1.82, 2.24) is 9.88 Å². The molecule has 0 saturated carbocycles. The summed E-state index contributed by atoms with van der Waals surface area (Å²) in [6.45, 7) is 13.4. The molecular formula is C15H19N3O3. The molecule has 0 aromatic carbocycles. The lowest BCUT2D eigenvalue weighted by molar-refractivity contribution is 0.0292. The van der Waals surface area contributed by atoms with Crippen LogP contribution in [0.3, 0.4) is 0 Å². The van der Waals surface area contributed by atoms with E-state index in [-0.39, 0.29) is 17.5 Å². The van der Waals surface area contributed by atoms with Crippen molar-refractivity contribution in [3.8, 4) is 0 Å². The van der Waals surface area contributed by atoms with Gasteiger partial charge in [0.25, 0.3) is 0 Å². The highest BCUT2D eigenvalue weighted by Gasteiger charge is 2.42. The van der Waals surface area contributed by atoms with E-state index in [1.807, 2.05) is 20.8 Å². The molecule has 0 unspecified atom stereocenters. The summed E-state index contributed by atoms with van der Waals surface area (Å²) in [4.78, 5) is 31.2. The Labute approximate surface area is 123 Å². The number of nitrogens with zero attached hydrogens (tertiary/aromatic N) is 2. The first-order chi connectivity index (χ1) is 9.80. The smallest absolute Gasteiger partial charge is 0.410 e. The molecule has 1 N–H and O–H groups in total. The summed E-state index contributed by atoms with van der Waals surface area (Å²) in [7, 11) is 0. The standard InChI is InChI=1S/C15H19N3O3/c1-15(2,3)21-14(20)18-8-11(12(9-18)16-4)10-5-6-17-13(19)7-10/h5-7,11-12H,8-9H2,1-3H3,(H,17,19)/t11-,12+/m0/s1. The second-order valence-corrected chi connectivity index (χ2v) is 6.17. The van der Waals surface area contributed by atoms with Crippen molar-refractivity contribution >= 4 is 6.09 Å². The summed E-state index contributed by atoms with van der Waals surface area (Å²) in [6, 6.07) is 2.92. The van der Waals surface area contributed by atoms with Gasteiger partial charge in [-0.2, -0.15) is 0 Å². The third-order valence-electron chi connectivity index (χ3n) is 3.33. The van der Waals surface area contributed by atoms with Crippen molar-refractivity contribution in [3.05, 3.63) is 45.7 Å². The lowest BCUT2D eigenvalue weighted by atomic mass is 9.96. The number of hydrogen-bond acceptors (Lipinski definition) is 3. The van der Waals surface area contributed by atoms with Gasteiger partial charge in [0, 0.05) is 18.8 Å². The van der Waals surface area contributed by atoms with E-state index < -0.39 is 11.7 Å². The molecule has 0 bridgehead atoms. The fourth-order valence-electron chi connectivity index (χ4n) is 2.41. The monoisotopic (exact) mass is 289 g/mol. The zero-order valence-electron chi connectivity index (χ0n) is 12.4. The number of rotatable bonds is 1. The Hall–Kier alpha value is -2.29. The van der Waals surface area contributed by atoms with Gasteiger partial charge in [-0.15, -0.1) is 0 Å². The summed E-state index contributed by atoms with van der Waals surface area (Å²) in [6.07, 6.45) is 1.15. The summed E-state index contributed by atoms with van der Waals surface area (Å²) in [5.41, 5.74) is 0.0184. The number of carbonyl (C=O) groups is 1. The number of aromatic amines is 1. The van der Waals surface area contributed by atoms with Gasteiger partial charge in [-0.25, -0.2) is 11.4 Å². The first kappa shape index (κ1) is 15.1. The Morgan fingerprint density at radius 2 is 2.19 bits per heavy atom. The minimum atomic E-state index is -0.563. The average Bonchev–Trinajstić information content (AvgIpc) is 2.81. The van der Waals surface area contributed by atoms with Gasteiger partial charge in [0.15, 0.2) is 0 Å². The molecule has 1 aliphatic heterocycles. The molecule has 0 aliphatic carbocycles. The fraction of sp³-hybridized carbons (Fsp3) is 0.533. The van der Waals surface area contributed by atoms with Crippen molar-refractivity contribution in [1.29, 1.82) is 0 Å². The highest BCUT2D eigenvalue weighted by atomic mass is 16.6. The number of pyridine rings is 1. The Morgan fingerprint density at radius 3 is 2.76 bits per heavy atom. The van der Waals surface area contributed by atoms with Gasteiger partial charge in [-0.05, 0) is 32.4 Å². The molecule has 6 heteroatoms. The number of ether oxygens (including phenoxy) is 1. The van der Waals surface area contributed by atoms with Crippen LogP contribution < -0.4 is 5.56 Å². The number of carbonyl (C=O) groups excluding carboxylic acids is 1. The summed E-state index contributed by atoms with van der Waals surface area (Å²) in [5.74, 6) is -0.155. The lowest BCUT2D eigenvalue weighted by Gasteiger charge is -2.23. The normalized spacial score (nSPS) is 21.9. The van der Waals surface area contributed by atoms with Gasteiger partial charge in [-0.1, -0.05) is 0 Å². The largest absolute Gasteiger partial charge is 0.444 e. The van der Waals surface area contributed by atoms with Crippen LogP contribution in [0, 0.1) is 6.57 Å². The van der Waals surface area contributed by atoms with Crippen LogP contribution in [0.4, 0.5) is 4.79 Å². The van der Waals surface area contributed by atoms with Crippen LogP contribution in [0.15, 0.2) is 23.1 Å². The van der Waals surface area contributed by atoms with Gasteiger partial charge in [0.1, 0.15) is 5.60 Å². The molecule has 1 aromatic rings.